The van der Waals surface area contributed by atoms with Crippen LogP contribution in [0.5, 0.6) is 23.0 Å². The highest BCUT2D eigenvalue weighted by Crippen LogP contribution is 2.40. The van der Waals surface area contributed by atoms with E-state index in [4.69, 9.17) is 4.74 Å². The fourth-order valence-corrected chi connectivity index (χ4v) is 3.15. The van der Waals surface area contributed by atoms with E-state index in [1.807, 2.05) is 0 Å². The molecule has 30 heavy (non-hydrogen) atoms. The molecule has 0 radical (unpaired) electrons. The third-order valence-electron chi connectivity index (χ3n) is 5.02. The Morgan fingerprint density at radius 3 is 1.73 bits per heavy atom. The Kier molecular flexibility index (Phi) is 6.15. The van der Waals surface area contributed by atoms with Gasteiger partial charge in [-0.15, -0.1) is 0 Å². The van der Waals surface area contributed by atoms with E-state index in [2.05, 4.69) is 4.74 Å². The van der Waals surface area contributed by atoms with Crippen LogP contribution in [-0.4, -0.2) is 46.9 Å². The predicted molar refractivity (Wildman–Crippen MR) is 104 cm³/mol. The summed E-state index contributed by atoms with van der Waals surface area (Å²) in [6.07, 6.45) is 0.344. The van der Waals surface area contributed by atoms with Gasteiger partial charge in [0.1, 0.15) is 34.1 Å². The summed E-state index contributed by atoms with van der Waals surface area (Å²) < 4.78 is 10.0. The van der Waals surface area contributed by atoms with Crippen molar-refractivity contribution in [3.63, 3.8) is 0 Å². The highest BCUT2D eigenvalue weighted by molar-refractivity contribution is 6.04. The van der Waals surface area contributed by atoms with Crippen LogP contribution in [0.3, 0.4) is 0 Å². The molecule has 2 rings (SSSR count). The zero-order valence-electron chi connectivity index (χ0n) is 16.9. The van der Waals surface area contributed by atoms with E-state index in [1.165, 1.54) is 20.8 Å². The van der Waals surface area contributed by atoms with Crippen molar-refractivity contribution in [3.05, 3.63) is 44.5 Å². The van der Waals surface area contributed by atoms with Gasteiger partial charge in [-0.3, -0.25) is 9.59 Å². The van der Waals surface area contributed by atoms with Crippen molar-refractivity contribution in [2.45, 2.75) is 27.7 Å². The number of ether oxygens (including phenoxy) is 2. The maximum absolute atomic E-state index is 12.8. The average Bonchev–Trinajstić information content (AvgIpc) is 2.70. The fraction of sp³-hybridized carbons (Fsp3) is 0.238. The van der Waals surface area contributed by atoms with E-state index in [0.29, 0.717) is 11.1 Å². The van der Waals surface area contributed by atoms with Crippen LogP contribution >= 0.6 is 0 Å². The lowest BCUT2D eigenvalue weighted by Crippen LogP contribution is -2.16. The molecule has 0 saturated carbocycles. The molecule has 9 heteroatoms. The van der Waals surface area contributed by atoms with Crippen molar-refractivity contribution in [2.24, 2.45) is 0 Å². The maximum Gasteiger partial charge on any atom is 0.347 e. The van der Waals surface area contributed by atoms with Gasteiger partial charge in [0.25, 0.3) is 0 Å². The highest BCUT2D eigenvalue weighted by atomic mass is 16.5. The molecular weight excluding hydrogens is 396 g/mol. The molecule has 0 saturated heterocycles. The molecule has 9 nitrogen and oxygen atoms in total. The lowest BCUT2D eigenvalue weighted by Gasteiger charge is -2.19. The van der Waals surface area contributed by atoms with E-state index in [0.717, 1.165) is 7.11 Å². The van der Waals surface area contributed by atoms with E-state index < -0.39 is 40.3 Å². The van der Waals surface area contributed by atoms with E-state index in [1.54, 1.807) is 6.92 Å². The lowest BCUT2D eigenvalue weighted by molar-refractivity contribution is 0.0596. The first-order valence-corrected chi connectivity index (χ1v) is 8.65. The molecule has 0 aromatic heterocycles. The smallest absolute Gasteiger partial charge is 0.347 e. The minimum Gasteiger partial charge on any atom is -0.507 e. The lowest BCUT2D eigenvalue weighted by atomic mass is 9.95. The van der Waals surface area contributed by atoms with Gasteiger partial charge in [-0.2, -0.15) is 0 Å². The van der Waals surface area contributed by atoms with Gasteiger partial charge in [-0.05, 0) is 44.4 Å². The fourth-order valence-electron chi connectivity index (χ4n) is 3.15. The maximum atomic E-state index is 12.8. The number of aromatic hydroxyl groups is 3. The monoisotopic (exact) mass is 416 g/mol. The zero-order valence-corrected chi connectivity index (χ0v) is 16.9. The van der Waals surface area contributed by atoms with Crippen LogP contribution in [0.15, 0.2) is 0 Å². The average molecular weight is 416 g/mol. The number of benzene rings is 2. The van der Waals surface area contributed by atoms with Gasteiger partial charge in [0.2, 0.25) is 0 Å². The molecule has 3 N–H and O–H groups in total. The highest BCUT2D eigenvalue weighted by Gasteiger charge is 2.29. The summed E-state index contributed by atoms with van der Waals surface area (Å²) >= 11 is 0. The van der Waals surface area contributed by atoms with Gasteiger partial charge in [-0.1, -0.05) is 0 Å². The quantitative estimate of drug-likeness (QED) is 0.380. The Morgan fingerprint density at radius 1 is 0.700 bits per heavy atom. The van der Waals surface area contributed by atoms with Crippen molar-refractivity contribution in [3.8, 4) is 23.0 Å². The van der Waals surface area contributed by atoms with Crippen LogP contribution in [0.4, 0.5) is 0 Å². The summed E-state index contributed by atoms with van der Waals surface area (Å²) in [5.41, 5.74) is -0.944. The summed E-state index contributed by atoms with van der Waals surface area (Å²) in [5, 5.41) is 30.7. The number of rotatable bonds is 5. The summed E-state index contributed by atoms with van der Waals surface area (Å²) in [6, 6.07) is 0. The number of hydrogen-bond acceptors (Lipinski definition) is 9. The molecule has 0 heterocycles. The summed E-state index contributed by atoms with van der Waals surface area (Å²) in [6.45, 7) is 5.77. The Hall–Kier alpha value is -3.88. The Balaban J connectivity index is 2.69. The van der Waals surface area contributed by atoms with Crippen LogP contribution in [0, 0.1) is 27.7 Å². The second kappa shape index (κ2) is 8.24. The topological polar surface area (TPSA) is 147 Å². The van der Waals surface area contributed by atoms with Gasteiger partial charge in [0, 0.05) is 5.56 Å². The number of methoxy groups -OCH3 is 1. The first kappa shape index (κ1) is 22.4. The van der Waals surface area contributed by atoms with Gasteiger partial charge >= 0.3 is 11.9 Å². The molecule has 0 aliphatic heterocycles. The number of phenols is 3. The molecule has 0 atom stereocenters. The largest absolute Gasteiger partial charge is 0.507 e. The van der Waals surface area contributed by atoms with Crippen LogP contribution in [0.25, 0.3) is 0 Å². The van der Waals surface area contributed by atoms with Crippen LogP contribution in [0.2, 0.25) is 0 Å². The predicted octanol–water partition coefficient (Wildman–Crippen LogP) is 2.67. The Labute approximate surface area is 171 Å². The van der Waals surface area contributed by atoms with Crippen molar-refractivity contribution in [2.75, 3.05) is 7.11 Å². The minimum atomic E-state index is -1.13. The van der Waals surface area contributed by atoms with Gasteiger partial charge in [0.05, 0.1) is 18.2 Å². The van der Waals surface area contributed by atoms with Crippen LogP contribution < -0.4 is 4.74 Å². The number of phenolic OH excluding ortho intramolecular Hbond substituents is 3. The number of carbonyl (C=O) groups excluding carboxylic acids is 4. The molecule has 158 valence electrons. The van der Waals surface area contributed by atoms with Gasteiger partial charge in [-0.25, -0.2) is 9.59 Å². The summed E-state index contributed by atoms with van der Waals surface area (Å²) in [4.78, 5) is 47.3. The summed E-state index contributed by atoms with van der Waals surface area (Å²) in [5.74, 6) is -4.02. The molecule has 0 unspecified atom stereocenters. The SMILES string of the molecule is COC(=O)c1c(C)c(C)c(OC(=O)c2c(C)c(C=O)c(O)c(C=O)c2O)c(C)c1O. The summed E-state index contributed by atoms with van der Waals surface area (Å²) in [7, 11) is 1.16. The van der Waals surface area contributed by atoms with Crippen molar-refractivity contribution < 1.29 is 44.0 Å². The number of aldehydes is 2. The first-order valence-electron chi connectivity index (χ1n) is 8.65. The number of esters is 2. The molecule has 2 aromatic carbocycles. The number of hydrogen-bond donors (Lipinski definition) is 3. The Morgan fingerprint density at radius 2 is 1.23 bits per heavy atom. The van der Waals surface area contributed by atoms with Crippen LogP contribution in [0.1, 0.15) is 63.7 Å². The third kappa shape index (κ3) is 3.34. The van der Waals surface area contributed by atoms with Crippen molar-refractivity contribution in [1.29, 1.82) is 0 Å². The molecule has 0 spiro atoms. The second-order valence-electron chi connectivity index (χ2n) is 6.57. The third-order valence-corrected chi connectivity index (χ3v) is 5.02. The van der Waals surface area contributed by atoms with Gasteiger partial charge < -0.3 is 24.8 Å². The van der Waals surface area contributed by atoms with E-state index in [-0.39, 0.29) is 40.6 Å². The molecule has 0 aliphatic rings. The van der Waals surface area contributed by atoms with Crippen molar-refractivity contribution >= 4 is 24.5 Å². The minimum absolute atomic E-state index is 0.0639. The molecule has 0 fully saturated rings. The molecule has 0 aliphatic carbocycles. The molecular formula is C21H20O9. The standard InChI is InChI=1S/C21H20O9/c1-8-9(2)19(11(4)16(24)14(8)20(27)29-5)30-21(28)15-10(3)12(6-22)17(25)13(7-23)18(15)26/h6-7,24-26H,1-5H3. The zero-order chi connectivity index (χ0) is 22.9. The molecule has 0 bridgehead atoms. The van der Waals surface area contributed by atoms with E-state index >= 15 is 0 Å². The first-order chi connectivity index (χ1) is 14.0. The van der Waals surface area contributed by atoms with Gasteiger partial charge in [0.15, 0.2) is 12.6 Å². The van der Waals surface area contributed by atoms with Crippen molar-refractivity contribution in [1.82, 2.24) is 0 Å². The van der Waals surface area contributed by atoms with E-state index in [9.17, 15) is 34.5 Å². The normalized spacial score (nSPS) is 10.4. The van der Waals surface area contributed by atoms with Crippen LogP contribution in [-0.2, 0) is 4.74 Å². The molecule has 0 amide bonds. The number of carbonyl (C=O) groups is 4. The second-order valence-corrected chi connectivity index (χ2v) is 6.57. The molecule has 2 aromatic rings. The Bertz CT molecular complexity index is 1030.